The number of aliphatic hydroxyl groups excluding tert-OH is 1. The van der Waals surface area contributed by atoms with Crippen LogP contribution in [0.1, 0.15) is 56.3 Å². The van der Waals surface area contributed by atoms with Gasteiger partial charge in [-0.15, -0.1) is 0 Å². The fraction of sp³-hybridized carbons (Fsp3) is 0.348. The molecule has 0 fully saturated rings. The molecule has 1 N–H and O–H groups in total. The van der Waals surface area contributed by atoms with Crippen molar-refractivity contribution in [1.29, 1.82) is 0 Å². The number of halogens is 2. The highest BCUT2D eigenvalue weighted by Gasteiger charge is 2.13. The third kappa shape index (κ3) is 5.16. The van der Waals surface area contributed by atoms with Crippen molar-refractivity contribution in [2.45, 2.75) is 51.7 Å². The van der Waals surface area contributed by atoms with Crippen LogP contribution in [-0.2, 0) is 6.61 Å². The summed E-state index contributed by atoms with van der Waals surface area (Å²) in [5.41, 5.74) is 2.54. The summed E-state index contributed by atoms with van der Waals surface area (Å²) in [6, 6.07) is 13.3. The molecule has 1 atom stereocenters. The van der Waals surface area contributed by atoms with E-state index >= 15 is 0 Å². The number of hydrogen-bond acceptors (Lipinski definition) is 3. The van der Waals surface area contributed by atoms with E-state index in [4.69, 9.17) is 27.9 Å². The molecule has 0 amide bonds. The Morgan fingerprint density at radius 1 is 1.04 bits per heavy atom. The molecule has 0 aliphatic carbocycles. The molecule has 5 heteroatoms. The first kappa shape index (κ1) is 20.9. The van der Waals surface area contributed by atoms with Gasteiger partial charge in [0.15, 0.2) is 5.75 Å². The molecule has 0 aliphatic rings. The van der Waals surface area contributed by atoms with Crippen molar-refractivity contribution in [3.63, 3.8) is 0 Å². The zero-order valence-electron chi connectivity index (χ0n) is 16.0. The highest BCUT2D eigenvalue weighted by molar-refractivity contribution is 6.39. The predicted octanol–water partition coefficient (Wildman–Crippen LogP) is 7.12. The summed E-state index contributed by atoms with van der Waals surface area (Å²) in [7, 11) is 0. The van der Waals surface area contributed by atoms with Crippen LogP contribution in [-0.4, -0.2) is 10.1 Å². The number of benzene rings is 2. The Morgan fingerprint density at radius 2 is 1.89 bits per heavy atom. The molecular formula is C23H25Cl2NO2. The van der Waals surface area contributed by atoms with Gasteiger partial charge in [0.25, 0.3) is 0 Å². The minimum Gasteiger partial charge on any atom is -0.485 e. The fourth-order valence-corrected chi connectivity index (χ4v) is 3.83. The van der Waals surface area contributed by atoms with E-state index in [1.807, 2.05) is 36.4 Å². The van der Waals surface area contributed by atoms with Gasteiger partial charge in [-0.1, -0.05) is 74.0 Å². The second-order valence-corrected chi connectivity index (χ2v) is 7.78. The minimum absolute atomic E-state index is 0.337. The lowest BCUT2D eigenvalue weighted by Gasteiger charge is -2.14. The fourth-order valence-electron chi connectivity index (χ4n) is 3.26. The van der Waals surface area contributed by atoms with Gasteiger partial charge in [0.05, 0.1) is 16.1 Å². The Hall–Kier alpha value is -1.81. The standard InChI is InChI=1S/C23H25Cl2NO2/c1-2-3-4-5-11-21(27)17-9-6-8-16(13-17)15-28-23-20(25)14-19(24)18-10-7-12-26-22(18)23/h6-10,12-14,21,27H,2-5,11,15H2,1H3. The van der Waals surface area contributed by atoms with E-state index in [0.717, 1.165) is 35.8 Å². The van der Waals surface area contributed by atoms with Gasteiger partial charge < -0.3 is 9.84 Å². The normalized spacial score (nSPS) is 12.3. The number of fused-ring (bicyclic) bond motifs is 1. The Kier molecular flexibility index (Phi) is 7.55. The number of pyridine rings is 1. The highest BCUT2D eigenvalue weighted by atomic mass is 35.5. The molecule has 0 bridgehead atoms. The van der Waals surface area contributed by atoms with Crippen LogP contribution >= 0.6 is 23.2 Å². The number of unbranched alkanes of at least 4 members (excludes halogenated alkanes) is 3. The van der Waals surface area contributed by atoms with Crippen LogP contribution in [0.5, 0.6) is 5.75 Å². The lowest BCUT2D eigenvalue weighted by molar-refractivity contribution is 0.163. The summed E-state index contributed by atoms with van der Waals surface area (Å²) in [6.07, 6.45) is 6.63. The van der Waals surface area contributed by atoms with Crippen molar-refractivity contribution in [1.82, 2.24) is 4.98 Å². The quantitative estimate of drug-likeness (QED) is 0.376. The second-order valence-electron chi connectivity index (χ2n) is 6.97. The van der Waals surface area contributed by atoms with Crippen molar-refractivity contribution < 1.29 is 9.84 Å². The van der Waals surface area contributed by atoms with E-state index in [1.54, 1.807) is 12.3 Å². The molecule has 28 heavy (non-hydrogen) atoms. The van der Waals surface area contributed by atoms with Crippen molar-refractivity contribution in [2.75, 3.05) is 0 Å². The number of ether oxygens (including phenoxy) is 1. The third-order valence-electron chi connectivity index (χ3n) is 4.80. The summed E-state index contributed by atoms with van der Waals surface area (Å²) >= 11 is 12.6. The predicted molar refractivity (Wildman–Crippen MR) is 116 cm³/mol. The number of rotatable bonds is 9. The van der Waals surface area contributed by atoms with E-state index < -0.39 is 6.10 Å². The maximum atomic E-state index is 10.5. The van der Waals surface area contributed by atoms with Crippen LogP contribution < -0.4 is 4.74 Å². The average Bonchev–Trinajstić information content (AvgIpc) is 2.71. The summed E-state index contributed by atoms with van der Waals surface area (Å²) in [5, 5.41) is 12.2. The maximum absolute atomic E-state index is 10.5. The molecule has 0 spiro atoms. The lowest BCUT2D eigenvalue weighted by Crippen LogP contribution is -2.01. The molecule has 3 nitrogen and oxygen atoms in total. The van der Waals surface area contributed by atoms with Crippen LogP contribution in [0.15, 0.2) is 48.7 Å². The van der Waals surface area contributed by atoms with Gasteiger partial charge in [0, 0.05) is 11.6 Å². The molecule has 0 saturated carbocycles. The van der Waals surface area contributed by atoms with Gasteiger partial charge >= 0.3 is 0 Å². The molecule has 0 saturated heterocycles. The van der Waals surface area contributed by atoms with Crippen LogP contribution in [0, 0.1) is 0 Å². The van der Waals surface area contributed by atoms with E-state index in [2.05, 4.69) is 11.9 Å². The maximum Gasteiger partial charge on any atom is 0.164 e. The molecule has 0 radical (unpaired) electrons. The first-order valence-electron chi connectivity index (χ1n) is 9.72. The molecule has 3 aromatic rings. The van der Waals surface area contributed by atoms with E-state index in [-0.39, 0.29) is 0 Å². The van der Waals surface area contributed by atoms with Gasteiger partial charge in [0.2, 0.25) is 0 Å². The molecule has 148 valence electrons. The summed E-state index contributed by atoms with van der Waals surface area (Å²) in [6.45, 7) is 2.52. The van der Waals surface area contributed by atoms with E-state index in [1.165, 1.54) is 12.8 Å². The zero-order chi connectivity index (χ0) is 19.9. The zero-order valence-corrected chi connectivity index (χ0v) is 17.5. The van der Waals surface area contributed by atoms with E-state index in [0.29, 0.717) is 27.9 Å². The van der Waals surface area contributed by atoms with E-state index in [9.17, 15) is 5.11 Å². The molecule has 2 aromatic carbocycles. The monoisotopic (exact) mass is 417 g/mol. The Morgan fingerprint density at radius 3 is 2.71 bits per heavy atom. The number of aromatic nitrogens is 1. The van der Waals surface area contributed by atoms with Crippen LogP contribution in [0.2, 0.25) is 10.0 Å². The molecule has 0 aliphatic heterocycles. The largest absolute Gasteiger partial charge is 0.485 e. The topological polar surface area (TPSA) is 42.4 Å². The first-order valence-corrected chi connectivity index (χ1v) is 10.5. The molecule has 3 rings (SSSR count). The van der Waals surface area contributed by atoms with Gasteiger partial charge in [-0.2, -0.15) is 0 Å². The van der Waals surface area contributed by atoms with Crippen molar-refractivity contribution in [2.24, 2.45) is 0 Å². The number of aliphatic hydroxyl groups is 1. The van der Waals surface area contributed by atoms with Crippen molar-refractivity contribution in [3.8, 4) is 5.75 Å². The second kappa shape index (κ2) is 10.1. The van der Waals surface area contributed by atoms with Crippen molar-refractivity contribution >= 4 is 34.1 Å². The molecule has 1 heterocycles. The third-order valence-corrected chi connectivity index (χ3v) is 5.39. The molecule has 1 unspecified atom stereocenters. The van der Waals surface area contributed by atoms with Crippen LogP contribution in [0.25, 0.3) is 10.9 Å². The Balaban J connectivity index is 1.71. The van der Waals surface area contributed by atoms with Crippen molar-refractivity contribution in [3.05, 3.63) is 69.8 Å². The highest BCUT2D eigenvalue weighted by Crippen LogP contribution is 2.37. The minimum atomic E-state index is -0.446. The molecule has 1 aromatic heterocycles. The van der Waals surface area contributed by atoms with Crippen LogP contribution in [0.3, 0.4) is 0 Å². The summed E-state index contributed by atoms with van der Waals surface area (Å²) in [4.78, 5) is 4.38. The SMILES string of the molecule is CCCCCCC(O)c1cccc(COc2c(Cl)cc(Cl)c3cccnc23)c1. The average molecular weight is 418 g/mol. The molecular weight excluding hydrogens is 393 g/mol. The summed E-state index contributed by atoms with van der Waals surface area (Å²) in [5.74, 6) is 0.521. The van der Waals surface area contributed by atoms with Gasteiger partial charge in [-0.25, -0.2) is 0 Å². The Bertz CT molecular complexity index is 930. The van der Waals surface area contributed by atoms with Gasteiger partial charge in [-0.3, -0.25) is 4.98 Å². The number of nitrogens with zero attached hydrogens (tertiary/aromatic N) is 1. The first-order chi connectivity index (χ1) is 13.6. The number of hydrogen-bond donors (Lipinski definition) is 1. The smallest absolute Gasteiger partial charge is 0.164 e. The Labute approximate surface area is 176 Å². The lowest BCUT2D eigenvalue weighted by atomic mass is 10.0. The van der Waals surface area contributed by atoms with Gasteiger partial charge in [0.1, 0.15) is 12.1 Å². The summed E-state index contributed by atoms with van der Waals surface area (Å²) < 4.78 is 6.00. The van der Waals surface area contributed by atoms with Crippen LogP contribution in [0.4, 0.5) is 0 Å². The van der Waals surface area contributed by atoms with Gasteiger partial charge in [-0.05, 0) is 41.8 Å².